The summed E-state index contributed by atoms with van der Waals surface area (Å²) in [7, 11) is 1.36. The fraction of sp³-hybridized carbons (Fsp3) is 0.643. The van der Waals surface area contributed by atoms with E-state index in [-0.39, 0.29) is 6.10 Å². The Labute approximate surface area is 133 Å². The molecule has 1 aliphatic rings. The van der Waals surface area contributed by atoms with E-state index in [0.717, 1.165) is 23.8 Å². The SMILES string of the molecule is COC(=O)c1sc(N2CCSC(C)C2)c(OC(C)C)c1N. The number of thioether (sulfide) groups is 1. The van der Waals surface area contributed by atoms with Gasteiger partial charge in [0.15, 0.2) is 5.75 Å². The molecule has 0 saturated carbocycles. The standard InChI is InChI=1S/C14H22N2O3S2/c1-8(2)19-11-10(15)12(14(17)18-4)21-13(11)16-5-6-20-9(3)7-16/h8-9H,5-7,15H2,1-4H3. The molecule has 0 spiro atoms. The highest BCUT2D eigenvalue weighted by molar-refractivity contribution is 8.00. The zero-order chi connectivity index (χ0) is 15.6. The second kappa shape index (κ2) is 6.79. The second-order valence-electron chi connectivity index (χ2n) is 5.26. The lowest BCUT2D eigenvalue weighted by molar-refractivity contribution is 0.0607. The Bertz CT molecular complexity index is 517. The lowest BCUT2D eigenvalue weighted by Gasteiger charge is -2.32. The second-order valence-corrected chi connectivity index (χ2v) is 7.81. The van der Waals surface area contributed by atoms with Crippen LogP contribution in [-0.2, 0) is 4.74 Å². The molecule has 2 heterocycles. The average Bonchev–Trinajstić information content (AvgIpc) is 2.75. The van der Waals surface area contributed by atoms with Crippen LogP contribution in [0.4, 0.5) is 10.7 Å². The number of hydrogen-bond acceptors (Lipinski definition) is 7. The number of nitrogens with two attached hydrogens (primary N) is 1. The molecule has 0 amide bonds. The molecule has 1 fully saturated rings. The summed E-state index contributed by atoms with van der Waals surface area (Å²) in [5, 5.41) is 1.49. The minimum Gasteiger partial charge on any atom is -0.486 e. The number of nitrogens with zero attached hydrogens (tertiary/aromatic N) is 1. The van der Waals surface area contributed by atoms with E-state index in [0.29, 0.717) is 21.6 Å². The summed E-state index contributed by atoms with van der Waals surface area (Å²) < 4.78 is 10.7. The largest absolute Gasteiger partial charge is 0.486 e. The molecular weight excluding hydrogens is 308 g/mol. The molecule has 1 unspecified atom stereocenters. The maximum Gasteiger partial charge on any atom is 0.350 e. The van der Waals surface area contributed by atoms with E-state index in [1.807, 2.05) is 25.6 Å². The fourth-order valence-electron chi connectivity index (χ4n) is 2.22. The van der Waals surface area contributed by atoms with E-state index in [9.17, 15) is 4.79 Å². The molecule has 2 N–H and O–H groups in total. The Kier molecular flexibility index (Phi) is 5.27. The molecule has 21 heavy (non-hydrogen) atoms. The van der Waals surface area contributed by atoms with E-state index in [4.69, 9.17) is 15.2 Å². The topological polar surface area (TPSA) is 64.8 Å². The molecule has 1 aromatic heterocycles. The van der Waals surface area contributed by atoms with Crippen LogP contribution in [0, 0.1) is 0 Å². The minimum atomic E-state index is -0.406. The lowest BCUT2D eigenvalue weighted by atomic mass is 10.3. The summed E-state index contributed by atoms with van der Waals surface area (Å²) in [4.78, 5) is 14.5. The zero-order valence-corrected chi connectivity index (χ0v) is 14.5. The highest BCUT2D eigenvalue weighted by Crippen LogP contribution is 2.46. The van der Waals surface area contributed by atoms with Crippen LogP contribution in [-0.4, -0.2) is 43.3 Å². The summed E-state index contributed by atoms with van der Waals surface area (Å²) in [5.41, 5.74) is 6.51. The molecule has 0 radical (unpaired) electrons. The van der Waals surface area contributed by atoms with Gasteiger partial charge in [0.2, 0.25) is 0 Å². The van der Waals surface area contributed by atoms with Crippen molar-refractivity contribution in [2.24, 2.45) is 0 Å². The van der Waals surface area contributed by atoms with Crippen molar-refractivity contribution in [3.8, 4) is 5.75 Å². The first-order valence-electron chi connectivity index (χ1n) is 6.97. The van der Waals surface area contributed by atoms with Crippen LogP contribution in [0.3, 0.4) is 0 Å². The van der Waals surface area contributed by atoms with Crippen molar-refractivity contribution in [2.45, 2.75) is 32.1 Å². The Morgan fingerprint density at radius 3 is 2.76 bits per heavy atom. The van der Waals surface area contributed by atoms with Crippen molar-refractivity contribution in [1.29, 1.82) is 0 Å². The van der Waals surface area contributed by atoms with Gasteiger partial charge in [0.25, 0.3) is 0 Å². The molecule has 0 aromatic carbocycles. The molecule has 5 nitrogen and oxygen atoms in total. The number of ether oxygens (including phenoxy) is 2. The van der Waals surface area contributed by atoms with Gasteiger partial charge in [0, 0.05) is 24.1 Å². The molecule has 2 rings (SSSR count). The lowest BCUT2D eigenvalue weighted by Crippen LogP contribution is -2.36. The number of rotatable bonds is 4. The quantitative estimate of drug-likeness (QED) is 0.857. The average molecular weight is 330 g/mol. The number of hydrogen-bond donors (Lipinski definition) is 1. The summed E-state index contributed by atoms with van der Waals surface area (Å²) in [6.45, 7) is 7.97. The van der Waals surface area contributed by atoms with Crippen molar-refractivity contribution in [1.82, 2.24) is 0 Å². The molecule has 0 aliphatic carbocycles. The number of nitrogen functional groups attached to an aromatic ring is 1. The van der Waals surface area contributed by atoms with Crippen LogP contribution >= 0.6 is 23.1 Å². The maximum atomic E-state index is 11.9. The molecule has 7 heteroatoms. The number of thiophene rings is 1. The van der Waals surface area contributed by atoms with Gasteiger partial charge in [-0.1, -0.05) is 6.92 Å². The number of esters is 1. The molecular formula is C14H22N2O3S2. The Morgan fingerprint density at radius 1 is 1.48 bits per heavy atom. The smallest absolute Gasteiger partial charge is 0.350 e. The van der Waals surface area contributed by atoms with E-state index < -0.39 is 5.97 Å². The Morgan fingerprint density at radius 2 is 2.19 bits per heavy atom. The van der Waals surface area contributed by atoms with Gasteiger partial charge in [-0.25, -0.2) is 4.79 Å². The van der Waals surface area contributed by atoms with Gasteiger partial charge in [0.1, 0.15) is 15.6 Å². The highest BCUT2D eigenvalue weighted by Gasteiger charge is 2.28. The number of carbonyl (C=O) groups is 1. The summed E-state index contributed by atoms with van der Waals surface area (Å²) in [5.74, 6) is 1.28. The van der Waals surface area contributed by atoms with E-state index in [1.165, 1.54) is 18.4 Å². The van der Waals surface area contributed by atoms with Crippen LogP contribution in [0.25, 0.3) is 0 Å². The third kappa shape index (κ3) is 3.58. The van der Waals surface area contributed by atoms with E-state index in [2.05, 4.69) is 11.8 Å². The van der Waals surface area contributed by atoms with Gasteiger partial charge in [-0.2, -0.15) is 11.8 Å². The van der Waals surface area contributed by atoms with Gasteiger partial charge in [-0.05, 0) is 13.8 Å². The van der Waals surface area contributed by atoms with Gasteiger partial charge in [0.05, 0.1) is 13.2 Å². The van der Waals surface area contributed by atoms with Crippen molar-refractivity contribution < 1.29 is 14.3 Å². The molecule has 118 valence electrons. The first-order valence-corrected chi connectivity index (χ1v) is 8.84. The predicted molar refractivity (Wildman–Crippen MR) is 90.0 cm³/mol. The summed E-state index contributed by atoms with van der Waals surface area (Å²) in [6.07, 6.45) is 0.00253. The van der Waals surface area contributed by atoms with Crippen molar-refractivity contribution in [3.05, 3.63) is 4.88 Å². The van der Waals surface area contributed by atoms with E-state index in [1.54, 1.807) is 0 Å². The third-order valence-electron chi connectivity index (χ3n) is 3.13. The fourth-order valence-corrected chi connectivity index (χ4v) is 4.34. The Hall–Kier alpha value is -1.08. The Balaban J connectivity index is 2.39. The van der Waals surface area contributed by atoms with Crippen LogP contribution in [0.5, 0.6) is 5.75 Å². The number of anilines is 2. The van der Waals surface area contributed by atoms with E-state index >= 15 is 0 Å². The zero-order valence-electron chi connectivity index (χ0n) is 12.8. The molecule has 1 saturated heterocycles. The van der Waals surface area contributed by atoms with Crippen LogP contribution in [0.1, 0.15) is 30.4 Å². The first-order chi connectivity index (χ1) is 9.93. The summed E-state index contributed by atoms with van der Waals surface area (Å²) in [6, 6.07) is 0. The van der Waals surface area contributed by atoms with Gasteiger partial charge < -0.3 is 20.1 Å². The molecule has 0 bridgehead atoms. The van der Waals surface area contributed by atoms with Gasteiger partial charge in [-0.3, -0.25) is 0 Å². The van der Waals surface area contributed by atoms with Gasteiger partial charge in [-0.15, -0.1) is 11.3 Å². The summed E-state index contributed by atoms with van der Waals surface area (Å²) >= 11 is 3.32. The normalized spacial score (nSPS) is 18.9. The molecule has 1 atom stereocenters. The first kappa shape index (κ1) is 16.3. The maximum absolute atomic E-state index is 11.9. The van der Waals surface area contributed by atoms with Crippen LogP contribution < -0.4 is 15.4 Å². The third-order valence-corrected chi connectivity index (χ3v) is 5.50. The van der Waals surface area contributed by atoms with Gasteiger partial charge >= 0.3 is 5.97 Å². The number of methoxy groups -OCH3 is 1. The van der Waals surface area contributed by atoms with Crippen LogP contribution in [0.2, 0.25) is 0 Å². The monoisotopic (exact) mass is 330 g/mol. The van der Waals surface area contributed by atoms with Crippen molar-refractivity contribution >= 4 is 39.8 Å². The van der Waals surface area contributed by atoms with Crippen molar-refractivity contribution in [2.75, 3.05) is 36.6 Å². The predicted octanol–water partition coefficient (Wildman–Crippen LogP) is 2.85. The minimum absolute atomic E-state index is 0.00253. The molecule has 1 aliphatic heterocycles. The number of carbonyl (C=O) groups excluding carboxylic acids is 1. The van der Waals surface area contributed by atoms with Crippen molar-refractivity contribution in [3.63, 3.8) is 0 Å². The van der Waals surface area contributed by atoms with Crippen LogP contribution in [0.15, 0.2) is 0 Å². The molecule has 1 aromatic rings. The highest BCUT2D eigenvalue weighted by atomic mass is 32.2.